The molecule has 0 saturated heterocycles. The summed E-state index contributed by atoms with van der Waals surface area (Å²) in [5.41, 5.74) is -1.33. The van der Waals surface area contributed by atoms with Gasteiger partial charge in [-0.2, -0.15) is 0 Å². The standard InChI is InChI=1S/C17H16O5/c1-17(15(18)19,22-14-10-6-3-7-11-14)16(20)21-12-13-8-4-2-5-9-13/h2-11H,12H2,1H3,(H,18,19). The number of esters is 1. The van der Waals surface area contributed by atoms with Gasteiger partial charge in [0.1, 0.15) is 12.4 Å². The van der Waals surface area contributed by atoms with Crippen LogP contribution in [0.25, 0.3) is 0 Å². The van der Waals surface area contributed by atoms with Gasteiger partial charge in [-0.25, -0.2) is 9.59 Å². The van der Waals surface area contributed by atoms with Gasteiger partial charge < -0.3 is 14.6 Å². The minimum absolute atomic E-state index is 0.0132. The second-order valence-electron chi connectivity index (χ2n) is 4.82. The Labute approximate surface area is 128 Å². The summed E-state index contributed by atoms with van der Waals surface area (Å²) in [5, 5.41) is 9.34. The number of ether oxygens (including phenoxy) is 2. The van der Waals surface area contributed by atoms with Crippen LogP contribution in [0.4, 0.5) is 0 Å². The molecule has 0 bridgehead atoms. The van der Waals surface area contributed by atoms with Gasteiger partial charge in [0.15, 0.2) is 0 Å². The molecule has 1 atom stereocenters. The van der Waals surface area contributed by atoms with Crippen molar-refractivity contribution in [2.75, 3.05) is 0 Å². The molecule has 1 N–H and O–H groups in total. The molecule has 1 unspecified atom stereocenters. The number of rotatable bonds is 6. The highest BCUT2D eigenvalue weighted by atomic mass is 16.6. The summed E-state index contributed by atoms with van der Waals surface area (Å²) < 4.78 is 10.4. The molecule has 0 radical (unpaired) electrons. The van der Waals surface area contributed by atoms with Crippen molar-refractivity contribution in [2.24, 2.45) is 0 Å². The van der Waals surface area contributed by atoms with Gasteiger partial charge in [-0.15, -0.1) is 0 Å². The molecule has 114 valence electrons. The molecule has 0 aliphatic carbocycles. The number of para-hydroxylation sites is 1. The first-order chi connectivity index (χ1) is 10.5. The monoisotopic (exact) mass is 300 g/mol. The number of carbonyl (C=O) groups excluding carboxylic acids is 1. The fourth-order valence-electron chi connectivity index (χ4n) is 1.76. The van der Waals surface area contributed by atoms with Crippen molar-refractivity contribution in [1.29, 1.82) is 0 Å². The molecule has 0 fully saturated rings. The third kappa shape index (κ3) is 3.63. The Bertz CT molecular complexity index is 639. The van der Waals surface area contributed by atoms with E-state index in [1.807, 2.05) is 6.07 Å². The zero-order valence-electron chi connectivity index (χ0n) is 12.1. The molecule has 22 heavy (non-hydrogen) atoms. The molecule has 0 heterocycles. The van der Waals surface area contributed by atoms with Crippen LogP contribution in [0.3, 0.4) is 0 Å². The quantitative estimate of drug-likeness (QED) is 0.656. The summed E-state index contributed by atoms with van der Waals surface area (Å²) in [7, 11) is 0. The van der Waals surface area contributed by atoms with Gasteiger partial charge in [0.2, 0.25) is 0 Å². The average Bonchev–Trinajstić information content (AvgIpc) is 2.54. The summed E-state index contributed by atoms with van der Waals surface area (Å²) in [6.45, 7) is 1.16. The first kappa shape index (κ1) is 15.6. The van der Waals surface area contributed by atoms with E-state index >= 15 is 0 Å². The molecule has 0 spiro atoms. The number of hydrogen-bond acceptors (Lipinski definition) is 4. The number of benzene rings is 2. The summed E-state index contributed by atoms with van der Waals surface area (Å²) in [6.07, 6.45) is 0. The molecule has 0 aliphatic heterocycles. The lowest BCUT2D eigenvalue weighted by molar-refractivity contribution is -0.175. The number of carbonyl (C=O) groups is 2. The van der Waals surface area contributed by atoms with E-state index in [4.69, 9.17) is 9.47 Å². The highest BCUT2D eigenvalue weighted by Gasteiger charge is 2.46. The molecule has 0 aromatic heterocycles. The molecule has 0 amide bonds. The maximum atomic E-state index is 12.2. The zero-order valence-corrected chi connectivity index (χ0v) is 12.1. The van der Waals surface area contributed by atoms with Crippen molar-refractivity contribution in [1.82, 2.24) is 0 Å². The van der Waals surface area contributed by atoms with Crippen LogP contribution in [0.1, 0.15) is 12.5 Å². The minimum Gasteiger partial charge on any atom is -0.478 e. The lowest BCUT2D eigenvalue weighted by Crippen LogP contribution is -2.50. The highest BCUT2D eigenvalue weighted by Crippen LogP contribution is 2.20. The van der Waals surface area contributed by atoms with Crippen molar-refractivity contribution in [2.45, 2.75) is 19.1 Å². The van der Waals surface area contributed by atoms with Crippen molar-refractivity contribution < 1.29 is 24.2 Å². The van der Waals surface area contributed by atoms with E-state index < -0.39 is 17.5 Å². The van der Waals surface area contributed by atoms with Crippen molar-refractivity contribution >= 4 is 11.9 Å². The molecule has 2 rings (SSSR count). The van der Waals surface area contributed by atoms with Crippen molar-refractivity contribution in [3.63, 3.8) is 0 Å². The summed E-state index contributed by atoms with van der Waals surface area (Å²) in [6, 6.07) is 17.3. The minimum atomic E-state index is -2.10. The maximum absolute atomic E-state index is 12.2. The van der Waals surface area contributed by atoms with Crippen LogP contribution in [0, 0.1) is 0 Å². The fraction of sp³-hybridized carbons (Fsp3) is 0.176. The highest BCUT2D eigenvalue weighted by molar-refractivity contribution is 6.02. The molecule has 0 aliphatic rings. The Balaban J connectivity index is 2.09. The summed E-state index contributed by atoms with van der Waals surface area (Å²) in [4.78, 5) is 23.6. The Kier molecular flexibility index (Phi) is 4.78. The Morgan fingerprint density at radius 2 is 1.55 bits per heavy atom. The van der Waals surface area contributed by atoms with Gasteiger partial charge in [-0.05, 0) is 24.6 Å². The van der Waals surface area contributed by atoms with E-state index in [9.17, 15) is 14.7 Å². The Morgan fingerprint density at radius 3 is 2.09 bits per heavy atom. The van der Waals surface area contributed by atoms with E-state index in [0.717, 1.165) is 5.56 Å². The average molecular weight is 300 g/mol. The van der Waals surface area contributed by atoms with Crippen molar-refractivity contribution in [3.8, 4) is 5.75 Å². The van der Waals surface area contributed by atoms with Crippen LogP contribution in [0.5, 0.6) is 5.75 Å². The second kappa shape index (κ2) is 6.76. The fourth-order valence-corrected chi connectivity index (χ4v) is 1.76. The van der Waals surface area contributed by atoms with Crippen LogP contribution in [0.15, 0.2) is 60.7 Å². The third-order valence-electron chi connectivity index (χ3n) is 3.08. The molecule has 5 heteroatoms. The first-order valence-electron chi connectivity index (χ1n) is 6.71. The van der Waals surface area contributed by atoms with Gasteiger partial charge in [0.05, 0.1) is 0 Å². The van der Waals surface area contributed by atoms with Gasteiger partial charge in [0.25, 0.3) is 5.60 Å². The van der Waals surface area contributed by atoms with Crippen molar-refractivity contribution in [3.05, 3.63) is 66.2 Å². The first-order valence-corrected chi connectivity index (χ1v) is 6.71. The van der Waals surface area contributed by atoms with Crippen LogP contribution >= 0.6 is 0 Å². The van der Waals surface area contributed by atoms with Gasteiger partial charge in [-0.1, -0.05) is 48.5 Å². The van der Waals surface area contributed by atoms with Crippen LogP contribution in [-0.2, 0) is 20.9 Å². The summed E-state index contributed by atoms with van der Waals surface area (Å²) in [5.74, 6) is -2.08. The lowest BCUT2D eigenvalue weighted by atomic mass is 10.1. The number of carboxylic acid groups (broad SMARTS) is 1. The second-order valence-corrected chi connectivity index (χ2v) is 4.82. The van der Waals surface area contributed by atoms with E-state index in [-0.39, 0.29) is 12.4 Å². The SMILES string of the molecule is CC(Oc1ccccc1)(C(=O)O)C(=O)OCc1ccccc1. The van der Waals surface area contributed by atoms with E-state index in [0.29, 0.717) is 0 Å². The molecular formula is C17H16O5. The van der Waals surface area contributed by atoms with Crippen LogP contribution in [0.2, 0.25) is 0 Å². The van der Waals surface area contributed by atoms with Gasteiger partial charge >= 0.3 is 11.9 Å². The molecule has 0 saturated carbocycles. The molecule has 5 nitrogen and oxygen atoms in total. The normalized spacial score (nSPS) is 13.0. The Morgan fingerprint density at radius 1 is 1.00 bits per heavy atom. The molecular weight excluding hydrogens is 284 g/mol. The van der Waals surface area contributed by atoms with Gasteiger partial charge in [0, 0.05) is 0 Å². The smallest absolute Gasteiger partial charge is 0.362 e. The van der Waals surface area contributed by atoms with Crippen LogP contribution < -0.4 is 4.74 Å². The summed E-state index contributed by atoms with van der Waals surface area (Å²) >= 11 is 0. The number of hydrogen-bond donors (Lipinski definition) is 1. The number of carboxylic acids is 1. The Hall–Kier alpha value is -2.82. The topological polar surface area (TPSA) is 72.8 Å². The lowest BCUT2D eigenvalue weighted by Gasteiger charge is -2.24. The predicted molar refractivity (Wildman–Crippen MR) is 79.3 cm³/mol. The third-order valence-corrected chi connectivity index (χ3v) is 3.08. The van der Waals surface area contributed by atoms with E-state index in [2.05, 4.69) is 0 Å². The van der Waals surface area contributed by atoms with E-state index in [1.54, 1.807) is 54.6 Å². The maximum Gasteiger partial charge on any atom is 0.362 e. The molecule has 2 aromatic carbocycles. The van der Waals surface area contributed by atoms with Gasteiger partial charge in [-0.3, -0.25) is 0 Å². The predicted octanol–water partition coefficient (Wildman–Crippen LogP) is 2.65. The number of aliphatic carboxylic acids is 1. The largest absolute Gasteiger partial charge is 0.478 e. The molecule has 2 aromatic rings. The zero-order chi connectivity index (χ0) is 16.0. The van der Waals surface area contributed by atoms with E-state index in [1.165, 1.54) is 6.92 Å². The van der Waals surface area contributed by atoms with Crippen LogP contribution in [-0.4, -0.2) is 22.6 Å².